The van der Waals surface area contributed by atoms with Crippen LogP contribution in [0.1, 0.15) is 31.5 Å². The third-order valence-corrected chi connectivity index (χ3v) is 4.66. The van der Waals surface area contributed by atoms with Crippen molar-refractivity contribution in [3.8, 4) is 22.6 Å². The first-order valence-corrected chi connectivity index (χ1v) is 10.2. The molecule has 2 aromatic carbocycles. The minimum Gasteiger partial charge on any atom is -0.494 e. The highest BCUT2D eigenvalue weighted by molar-refractivity contribution is 5.81. The number of nitrogens with zero attached hydrogens (tertiary/aromatic N) is 1. The van der Waals surface area contributed by atoms with Crippen molar-refractivity contribution in [1.29, 1.82) is 0 Å². The van der Waals surface area contributed by atoms with E-state index in [9.17, 15) is 9.18 Å². The minimum atomic E-state index is -0.280. The van der Waals surface area contributed by atoms with E-state index in [-0.39, 0.29) is 18.0 Å². The Morgan fingerprint density at radius 3 is 2.53 bits per heavy atom. The van der Waals surface area contributed by atoms with Crippen LogP contribution in [-0.4, -0.2) is 24.0 Å². The molecular weight excluding hydrogens is 381 g/mol. The predicted molar refractivity (Wildman–Crippen MR) is 115 cm³/mol. The van der Waals surface area contributed by atoms with E-state index in [0.29, 0.717) is 31.7 Å². The Kier molecular flexibility index (Phi) is 7.55. The van der Waals surface area contributed by atoms with Crippen LogP contribution in [0, 0.1) is 5.82 Å². The van der Waals surface area contributed by atoms with Crippen LogP contribution in [0.3, 0.4) is 0 Å². The Labute approximate surface area is 176 Å². The van der Waals surface area contributed by atoms with Crippen molar-refractivity contribution in [3.05, 3.63) is 77.9 Å². The first-order chi connectivity index (χ1) is 14.6. The number of ether oxygens (including phenoxy) is 2. The van der Waals surface area contributed by atoms with Gasteiger partial charge in [0.1, 0.15) is 23.1 Å². The molecule has 0 atom stereocenters. The minimum absolute atomic E-state index is 0.0792. The van der Waals surface area contributed by atoms with Gasteiger partial charge in [-0.15, -0.1) is 0 Å². The van der Waals surface area contributed by atoms with Crippen LogP contribution in [0.5, 0.6) is 11.5 Å². The summed E-state index contributed by atoms with van der Waals surface area (Å²) >= 11 is 0. The van der Waals surface area contributed by atoms with Crippen LogP contribution in [0.25, 0.3) is 11.1 Å². The molecule has 3 rings (SSSR count). The molecule has 156 valence electrons. The first-order valence-electron chi connectivity index (χ1n) is 10.2. The number of carbonyl (C=O) groups is 1. The van der Waals surface area contributed by atoms with Gasteiger partial charge in [0.15, 0.2) is 0 Å². The lowest BCUT2D eigenvalue weighted by molar-refractivity contribution is -0.118. The molecule has 0 saturated carbocycles. The highest BCUT2D eigenvalue weighted by atomic mass is 19.1. The summed E-state index contributed by atoms with van der Waals surface area (Å²) in [5, 5.41) is 0. The van der Waals surface area contributed by atoms with Crippen LogP contribution in [0.2, 0.25) is 0 Å². The molecule has 0 radical (unpaired) electrons. The van der Waals surface area contributed by atoms with Gasteiger partial charge in [0, 0.05) is 41.9 Å². The lowest BCUT2D eigenvalue weighted by Gasteiger charge is -2.13. The Morgan fingerprint density at radius 1 is 1.00 bits per heavy atom. The van der Waals surface area contributed by atoms with Crippen LogP contribution in [0.4, 0.5) is 4.39 Å². The van der Waals surface area contributed by atoms with Crippen molar-refractivity contribution in [2.45, 2.75) is 33.1 Å². The largest absolute Gasteiger partial charge is 0.494 e. The first kappa shape index (κ1) is 21.5. The molecule has 5 heteroatoms. The lowest BCUT2D eigenvalue weighted by Crippen LogP contribution is -2.06. The number of hydrogen-bond acceptors (Lipinski definition) is 4. The zero-order valence-electron chi connectivity index (χ0n) is 17.4. The van der Waals surface area contributed by atoms with Gasteiger partial charge in [-0.3, -0.25) is 9.78 Å². The molecular formula is C25H26FNO3. The molecule has 0 fully saturated rings. The maximum Gasteiger partial charge on any atom is 0.139 e. The van der Waals surface area contributed by atoms with Gasteiger partial charge in [0.25, 0.3) is 0 Å². The normalized spacial score (nSPS) is 10.6. The SMILES string of the molecule is CCOc1ccc(-c2ccc(CC(=O)CCc3cccc(F)c3)nc2)c(OCC)c1. The Bertz CT molecular complexity index is 986. The summed E-state index contributed by atoms with van der Waals surface area (Å²) in [6, 6.07) is 15.9. The Hall–Kier alpha value is -3.21. The standard InChI is InChI=1S/C25H26FNO3/c1-3-29-23-12-13-24(25(16-23)30-4-2)19-9-10-21(27-17-19)15-22(28)11-8-18-6-5-7-20(26)14-18/h5-7,9-10,12-14,16-17H,3-4,8,11,15H2,1-2H3. The number of Topliss-reactive ketones (excluding diaryl/α,β-unsaturated/α-hetero) is 1. The number of aromatic nitrogens is 1. The molecule has 0 spiro atoms. The molecule has 0 aliphatic heterocycles. The second kappa shape index (κ2) is 10.5. The molecule has 0 bridgehead atoms. The monoisotopic (exact) mass is 407 g/mol. The Morgan fingerprint density at radius 2 is 1.83 bits per heavy atom. The smallest absolute Gasteiger partial charge is 0.139 e. The van der Waals surface area contributed by atoms with Crippen molar-refractivity contribution < 1.29 is 18.7 Å². The maximum atomic E-state index is 13.2. The molecule has 1 heterocycles. The van der Waals surface area contributed by atoms with Crippen molar-refractivity contribution in [1.82, 2.24) is 4.98 Å². The molecule has 0 saturated heterocycles. The van der Waals surface area contributed by atoms with E-state index in [1.165, 1.54) is 12.1 Å². The fourth-order valence-corrected chi connectivity index (χ4v) is 3.23. The average Bonchev–Trinajstić information content (AvgIpc) is 2.74. The van der Waals surface area contributed by atoms with Crippen molar-refractivity contribution in [3.63, 3.8) is 0 Å². The molecule has 4 nitrogen and oxygen atoms in total. The van der Waals surface area contributed by atoms with Gasteiger partial charge >= 0.3 is 0 Å². The van der Waals surface area contributed by atoms with Crippen molar-refractivity contribution in [2.75, 3.05) is 13.2 Å². The van der Waals surface area contributed by atoms with E-state index < -0.39 is 0 Å². The molecule has 0 aliphatic rings. The number of pyridine rings is 1. The number of ketones is 1. The molecule has 30 heavy (non-hydrogen) atoms. The summed E-state index contributed by atoms with van der Waals surface area (Å²) in [6.07, 6.45) is 2.91. The van der Waals surface area contributed by atoms with Gasteiger partial charge in [0.2, 0.25) is 0 Å². The van der Waals surface area contributed by atoms with E-state index in [2.05, 4.69) is 4.98 Å². The lowest BCUT2D eigenvalue weighted by atomic mass is 10.0. The van der Waals surface area contributed by atoms with Crippen LogP contribution in [-0.2, 0) is 17.6 Å². The summed E-state index contributed by atoms with van der Waals surface area (Å²) in [4.78, 5) is 16.8. The number of halogens is 1. The number of carbonyl (C=O) groups excluding carboxylic acids is 1. The molecule has 0 aliphatic carbocycles. The zero-order valence-corrected chi connectivity index (χ0v) is 17.4. The molecule has 3 aromatic rings. The molecule has 0 N–H and O–H groups in total. The number of aryl methyl sites for hydroxylation is 1. The van der Waals surface area contributed by atoms with Gasteiger partial charge in [-0.1, -0.05) is 18.2 Å². The van der Waals surface area contributed by atoms with E-state index in [0.717, 1.165) is 28.2 Å². The topological polar surface area (TPSA) is 48.4 Å². The highest BCUT2D eigenvalue weighted by Gasteiger charge is 2.11. The van der Waals surface area contributed by atoms with Crippen molar-refractivity contribution >= 4 is 5.78 Å². The second-order valence-corrected chi connectivity index (χ2v) is 6.91. The summed E-state index contributed by atoms with van der Waals surface area (Å²) in [5.41, 5.74) is 3.38. The van der Waals surface area contributed by atoms with Gasteiger partial charge in [-0.2, -0.15) is 0 Å². The van der Waals surface area contributed by atoms with Gasteiger partial charge < -0.3 is 9.47 Å². The molecule has 0 unspecified atom stereocenters. The third kappa shape index (κ3) is 5.89. The summed E-state index contributed by atoms with van der Waals surface area (Å²) in [5.74, 6) is 1.30. The molecule has 0 amide bonds. The van der Waals surface area contributed by atoms with Crippen LogP contribution in [0.15, 0.2) is 60.8 Å². The third-order valence-electron chi connectivity index (χ3n) is 4.66. The van der Waals surface area contributed by atoms with E-state index in [4.69, 9.17) is 9.47 Å². The zero-order chi connectivity index (χ0) is 21.3. The van der Waals surface area contributed by atoms with Crippen molar-refractivity contribution in [2.24, 2.45) is 0 Å². The van der Waals surface area contributed by atoms with Gasteiger partial charge in [0.05, 0.1) is 13.2 Å². The Balaban J connectivity index is 1.65. The number of rotatable bonds is 10. The fraction of sp³-hybridized carbons (Fsp3) is 0.280. The number of hydrogen-bond donors (Lipinski definition) is 0. The number of benzene rings is 2. The van der Waals surface area contributed by atoms with Gasteiger partial charge in [-0.05, 0) is 56.2 Å². The second-order valence-electron chi connectivity index (χ2n) is 6.91. The summed E-state index contributed by atoms with van der Waals surface area (Å²) < 4.78 is 24.6. The summed E-state index contributed by atoms with van der Waals surface area (Å²) in [7, 11) is 0. The fourth-order valence-electron chi connectivity index (χ4n) is 3.23. The van der Waals surface area contributed by atoms with Crippen LogP contribution >= 0.6 is 0 Å². The van der Waals surface area contributed by atoms with Gasteiger partial charge in [-0.25, -0.2) is 4.39 Å². The van der Waals surface area contributed by atoms with E-state index in [1.54, 1.807) is 12.3 Å². The van der Waals surface area contributed by atoms with E-state index >= 15 is 0 Å². The quantitative estimate of drug-likeness (QED) is 0.450. The maximum absolute atomic E-state index is 13.2. The highest BCUT2D eigenvalue weighted by Crippen LogP contribution is 2.33. The van der Waals surface area contributed by atoms with E-state index in [1.807, 2.05) is 50.2 Å². The average molecular weight is 407 g/mol. The van der Waals surface area contributed by atoms with Crippen LogP contribution < -0.4 is 9.47 Å². The predicted octanol–water partition coefficient (Wildman–Crippen LogP) is 5.43. The molecule has 1 aromatic heterocycles. The summed E-state index contributed by atoms with van der Waals surface area (Å²) in [6.45, 7) is 5.02.